The van der Waals surface area contributed by atoms with E-state index < -0.39 is 0 Å². The van der Waals surface area contributed by atoms with Gasteiger partial charge in [0.2, 0.25) is 0 Å². The minimum Gasteiger partial charge on any atom is -0.380 e. The summed E-state index contributed by atoms with van der Waals surface area (Å²) in [5.74, 6) is 1.12. The second-order valence-electron chi connectivity index (χ2n) is 3.62. The van der Waals surface area contributed by atoms with Crippen LogP contribution in [0.1, 0.15) is 25.8 Å². The first-order valence-corrected chi connectivity index (χ1v) is 7.35. The Hall–Kier alpha value is -0.800. The van der Waals surface area contributed by atoms with Gasteiger partial charge in [0.15, 0.2) is 0 Å². The van der Waals surface area contributed by atoms with E-state index in [0.29, 0.717) is 0 Å². The lowest BCUT2D eigenvalue weighted by atomic mass is 10.1. The number of hydrogen-bond donors (Lipinski definition) is 1. The van der Waals surface area contributed by atoms with Crippen LogP contribution in [0.2, 0.25) is 0 Å². The molecule has 0 saturated heterocycles. The molecule has 0 amide bonds. The third-order valence-corrected chi connectivity index (χ3v) is 3.67. The summed E-state index contributed by atoms with van der Waals surface area (Å²) < 4.78 is 0. The van der Waals surface area contributed by atoms with Crippen LogP contribution in [-0.2, 0) is 0 Å². The van der Waals surface area contributed by atoms with E-state index in [-0.39, 0.29) is 0 Å². The Morgan fingerprint density at radius 2 is 2.00 bits per heavy atom. The van der Waals surface area contributed by atoms with Crippen molar-refractivity contribution >= 4 is 28.8 Å². The summed E-state index contributed by atoms with van der Waals surface area (Å²) >= 11 is 7.26. The van der Waals surface area contributed by atoms with Crippen molar-refractivity contribution in [3.63, 3.8) is 0 Å². The molecule has 0 radical (unpaired) electrons. The van der Waals surface area contributed by atoms with Gasteiger partial charge in [-0.05, 0) is 30.7 Å². The molecule has 92 valence electrons. The van der Waals surface area contributed by atoms with Gasteiger partial charge in [0, 0.05) is 11.4 Å². The van der Waals surface area contributed by atoms with Crippen LogP contribution in [0.15, 0.2) is 41.4 Å². The third-order valence-electron chi connectivity index (χ3n) is 2.13. The molecule has 1 N–H and O–H groups in total. The van der Waals surface area contributed by atoms with Crippen molar-refractivity contribution in [3.05, 3.63) is 47.0 Å². The van der Waals surface area contributed by atoms with Gasteiger partial charge in [-0.1, -0.05) is 49.5 Å². The molecule has 3 heteroatoms. The number of rotatable bonds is 7. The first kappa shape index (κ1) is 14.3. The van der Waals surface area contributed by atoms with Gasteiger partial charge >= 0.3 is 0 Å². The minimum absolute atomic E-state index is 0.894. The molecule has 1 rings (SSSR count). The fourth-order valence-electron chi connectivity index (χ4n) is 1.33. The maximum Gasteiger partial charge on any atom is 0.0695 e. The van der Waals surface area contributed by atoms with Crippen LogP contribution in [0.25, 0.3) is 0 Å². The molecule has 0 saturated carbocycles. The summed E-state index contributed by atoms with van der Waals surface area (Å²) in [7, 11) is 0. The summed E-state index contributed by atoms with van der Waals surface area (Å²) in [4.78, 5) is 0.894. The Morgan fingerprint density at radius 3 is 2.59 bits per heavy atom. The topological polar surface area (TPSA) is 12.0 Å². The van der Waals surface area contributed by atoms with Crippen LogP contribution < -0.4 is 5.32 Å². The molecule has 0 aliphatic carbocycles. The zero-order chi connectivity index (χ0) is 12.5. The number of thioether (sulfide) groups is 1. The van der Waals surface area contributed by atoms with Crippen molar-refractivity contribution in [2.45, 2.75) is 20.3 Å². The van der Waals surface area contributed by atoms with Crippen molar-refractivity contribution in [2.24, 2.45) is 0 Å². The fourth-order valence-corrected chi connectivity index (χ4v) is 2.53. The standard InChI is InChI=1S/C14H19NS2/c1-3-10-17-14(15-4-2)11-13(16)12-8-6-5-7-9-12/h5-9,11,15H,3-4,10H2,1-2H3. The average molecular weight is 265 g/mol. The van der Waals surface area contributed by atoms with Crippen LogP contribution in [0.5, 0.6) is 0 Å². The van der Waals surface area contributed by atoms with E-state index in [9.17, 15) is 0 Å². The smallest absolute Gasteiger partial charge is 0.0695 e. The predicted molar refractivity (Wildman–Crippen MR) is 82.7 cm³/mol. The molecule has 0 fully saturated rings. The highest BCUT2D eigenvalue weighted by Crippen LogP contribution is 2.15. The summed E-state index contributed by atoms with van der Waals surface area (Å²) in [5.41, 5.74) is 1.11. The maximum atomic E-state index is 5.43. The van der Waals surface area contributed by atoms with Crippen molar-refractivity contribution in [1.82, 2.24) is 5.32 Å². The highest BCUT2D eigenvalue weighted by molar-refractivity contribution is 8.03. The largest absolute Gasteiger partial charge is 0.380 e. The van der Waals surface area contributed by atoms with Gasteiger partial charge in [0.05, 0.1) is 5.03 Å². The second-order valence-corrected chi connectivity index (χ2v) is 5.19. The van der Waals surface area contributed by atoms with Crippen LogP contribution in [0.4, 0.5) is 0 Å². The molecule has 0 heterocycles. The highest BCUT2D eigenvalue weighted by atomic mass is 32.2. The molecule has 1 nitrogen and oxygen atoms in total. The Bertz CT molecular complexity index is 371. The minimum atomic E-state index is 0.894. The summed E-state index contributed by atoms with van der Waals surface area (Å²) in [6, 6.07) is 10.1. The van der Waals surface area contributed by atoms with Crippen LogP contribution >= 0.6 is 24.0 Å². The predicted octanol–water partition coefficient (Wildman–Crippen LogP) is 4.00. The lowest BCUT2D eigenvalue weighted by Crippen LogP contribution is -2.11. The lowest BCUT2D eigenvalue weighted by molar-refractivity contribution is 0.904. The highest BCUT2D eigenvalue weighted by Gasteiger charge is 2.01. The van der Waals surface area contributed by atoms with E-state index in [0.717, 1.165) is 22.7 Å². The van der Waals surface area contributed by atoms with Gasteiger partial charge < -0.3 is 5.32 Å². The quantitative estimate of drug-likeness (QED) is 0.455. The number of nitrogens with one attached hydrogen (secondary N) is 1. The molecule has 0 bridgehead atoms. The molecule has 1 aromatic carbocycles. The van der Waals surface area contributed by atoms with Crippen LogP contribution in [0.3, 0.4) is 0 Å². The van der Waals surface area contributed by atoms with Crippen molar-refractivity contribution in [2.75, 3.05) is 12.3 Å². The van der Waals surface area contributed by atoms with Gasteiger partial charge in [-0.15, -0.1) is 11.8 Å². The van der Waals surface area contributed by atoms with E-state index >= 15 is 0 Å². The monoisotopic (exact) mass is 265 g/mol. The van der Waals surface area contributed by atoms with E-state index in [1.54, 1.807) is 0 Å². The molecule has 0 unspecified atom stereocenters. The molecule has 1 aromatic rings. The van der Waals surface area contributed by atoms with Gasteiger partial charge in [-0.3, -0.25) is 0 Å². The second kappa shape index (κ2) is 8.31. The molecule has 0 spiro atoms. The first-order valence-electron chi connectivity index (χ1n) is 5.95. The number of benzene rings is 1. The number of hydrogen-bond acceptors (Lipinski definition) is 3. The normalized spacial score (nSPS) is 11.3. The van der Waals surface area contributed by atoms with Crippen LogP contribution in [-0.4, -0.2) is 17.2 Å². The zero-order valence-corrected chi connectivity index (χ0v) is 12.0. The Balaban J connectivity index is 2.72. The lowest BCUT2D eigenvalue weighted by Gasteiger charge is -2.08. The van der Waals surface area contributed by atoms with Crippen molar-refractivity contribution in [1.29, 1.82) is 0 Å². The van der Waals surface area contributed by atoms with E-state index in [1.807, 2.05) is 42.1 Å². The average Bonchev–Trinajstić information content (AvgIpc) is 2.37. The molecule has 0 atom stereocenters. The van der Waals surface area contributed by atoms with Gasteiger partial charge in [0.1, 0.15) is 0 Å². The molecule has 0 aliphatic rings. The maximum absolute atomic E-state index is 5.43. The zero-order valence-electron chi connectivity index (χ0n) is 10.4. The molecule has 0 aliphatic heterocycles. The van der Waals surface area contributed by atoms with Crippen molar-refractivity contribution < 1.29 is 0 Å². The van der Waals surface area contributed by atoms with Gasteiger partial charge in [-0.25, -0.2) is 0 Å². The Labute approximate surface area is 114 Å². The van der Waals surface area contributed by atoms with Crippen molar-refractivity contribution in [3.8, 4) is 0 Å². The van der Waals surface area contributed by atoms with E-state index in [2.05, 4.69) is 25.2 Å². The summed E-state index contributed by atoms with van der Waals surface area (Å²) in [6.07, 6.45) is 3.24. The molecule has 0 aromatic heterocycles. The van der Waals surface area contributed by atoms with Gasteiger partial charge in [-0.2, -0.15) is 0 Å². The molecular weight excluding hydrogens is 246 g/mol. The summed E-state index contributed by atoms with van der Waals surface area (Å²) in [6.45, 7) is 5.22. The fraction of sp³-hybridized carbons (Fsp3) is 0.357. The summed E-state index contributed by atoms with van der Waals surface area (Å²) in [5, 5.41) is 4.52. The van der Waals surface area contributed by atoms with Gasteiger partial charge in [0.25, 0.3) is 0 Å². The molecule has 17 heavy (non-hydrogen) atoms. The first-order chi connectivity index (χ1) is 8.27. The number of allylic oxidation sites excluding steroid dienone is 1. The van der Waals surface area contributed by atoms with E-state index in [4.69, 9.17) is 12.2 Å². The Morgan fingerprint density at radius 1 is 1.29 bits per heavy atom. The third kappa shape index (κ3) is 5.37. The van der Waals surface area contributed by atoms with Crippen LogP contribution in [0, 0.1) is 0 Å². The number of thiocarbonyl (C=S) groups is 1. The molecular formula is C14H19NS2. The Kier molecular flexibility index (Phi) is 6.97. The SMILES string of the molecule is CCCSC(=CC(=S)c1ccccc1)NCC. The van der Waals surface area contributed by atoms with E-state index in [1.165, 1.54) is 11.4 Å².